The van der Waals surface area contributed by atoms with Crippen molar-refractivity contribution < 1.29 is 9.53 Å². The molecule has 0 spiro atoms. The summed E-state index contributed by atoms with van der Waals surface area (Å²) in [6.45, 7) is 8.24. The smallest absolute Gasteiger partial charge is 0.414 e. The number of allylic oxidation sites excluding steroid dienone is 1. The average molecular weight is 489 g/mol. The van der Waals surface area contributed by atoms with Gasteiger partial charge in [-0.2, -0.15) is 0 Å². The number of fused-ring (bicyclic) bond motifs is 3. The molecule has 0 aliphatic carbocycles. The maximum absolute atomic E-state index is 13.3. The molecule has 1 amide bonds. The Bertz CT molecular complexity index is 1440. The summed E-state index contributed by atoms with van der Waals surface area (Å²) in [7, 11) is 0. The van der Waals surface area contributed by atoms with E-state index < -0.39 is 5.60 Å². The van der Waals surface area contributed by atoms with Crippen molar-refractivity contribution in [2.45, 2.75) is 39.2 Å². The second-order valence-electron chi connectivity index (χ2n) is 10.3. The van der Waals surface area contributed by atoms with Crippen molar-refractivity contribution in [3.8, 4) is 0 Å². The summed E-state index contributed by atoms with van der Waals surface area (Å²) in [5.74, 6) is 0.0816. The number of hydrogen-bond acceptors (Lipinski definition) is 3. The number of amides is 1. The van der Waals surface area contributed by atoms with Crippen molar-refractivity contribution in [3.05, 3.63) is 120 Å². The van der Waals surface area contributed by atoms with Crippen LogP contribution in [0.15, 0.2) is 108 Å². The predicted molar refractivity (Wildman–Crippen MR) is 153 cm³/mol. The molecule has 0 N–H and O–H groups in total. The lowest BCUT2D eigenvalue weighted by Gasteiger charge is -2.25. The summed E-state index contributed by atoms with van der Waals surface area (Å²) in [6, 6.07) is 30.8. The van der Waals surface area contributed by atoms with Crippen LogP contribution < -0.4 is 4.90 Å². The summed E-state index contributed by atoms with van der Waals surface area (Å²) in [6.07, 6.45) is 3.88. The van der Waals surface area contributed by atoms with Crippen molar-refractivity contribution in [2.24, 2.45) is 4.99 Å². The Hall–Kier alpha value is -4.18. The van der Waals surface area contributed by atoms with Gasteiger partial charge in [0.1, 0.15) is 5.60 Å². The summed E-state index contributed by atoms with van der Waals surface area (Å²) < 4.78 is 5.80. The average Bonchev–Trinajstić information content (AvgIpc) is 3.26. The van der Waals surface area contributed by atoms with Crippen LogP contribution in [0, 0.1) is 0 Å². The van der Waals surface area contributed by atoms with Crippen LogP contribution in [0.3, 0.4) is 0 Å². The van der Waals surface area contributed by atoms with E-state index in [9.17, 15) is 4.79 Å². The molecule has 1 unspecified atom stereocenters. The molecule has 5 rings (SSSR count). The Balaban J connectivity index is 1.75. The third kappa shape index (κ3) is 5.05. The number of nitrogens with zero attached hydrogens (tertiary/aromatic N) is 2. The predicted octanol–water partition coefficient (Wildman–Crippen LogP) is 8.42. The number of benzene rings is 4. The Morgan fingerprint density at radius 2 is 1.46 bits per heavy atom. The fourth-order valence-corrected chi connectivity index (χ4v) is 4.94. The molecule has 0 saturated carbocycles. The highest BCUT2D eigenvalue weighted by Crippen LogP contribution is 2.46. The molecule has 186 valence electrons. The van der Waals surface area contributed by atoms with Gasteiger partial charge in [0, 0.05) is 29.0 Å². The summed E-state index contributed by atoms with van der Waals surface area (Å²) in [4.78, 5) is 20.4. The maximum Gasteiger partial charge on any atom is 0.414 e. The van der Waals surface area contributed by atoms with Crippen LogP contribution >= 0.6 is 0 Å². The van der Waals surface area contributed by atoms with E-state index in [0.29, 0.717) is 6.54 Å². The third-order valence-electron chi connectivity index (χ3n) is 6.45. The molecule has 1 atom stereocenters. The van der Waals surface area contributed by atoms with Gasteiger partial charge in [0.15, 0.2) is 0 Å². The molecule has 1 aliphatic rings. The van der Waals surface area contributed by atoms with Crippen molar-refractivity contribution in [1.82, 2.24) is 0 Å². The highest BCUT2D eigenvalue weighted by Gasteiger charge is 2.35. The minimum atomic E-state index is -0.582. The van der Waals surface area contributed by atoms with Gasteiger partial charge in [-0.3, -0.25) is 4.90 Å². The highest BCUT2D eigenvalue weighted by atomic mass is 16.6. The van der Waals surface area contributed by atoms with E-state index in [2.05, 4.69) is 54.6 Å². The number of anilines is 1. The molecule has 4 aromatic rings. The number of hydrogen-bond donors (Lipinski definition) is 0. The van der Waals surface area contributed by atoms with Crippen LogP contribution in [0.1, 0.15) is 50.3 Å². The van der Waals surface area contributed by atoms with E-state index in [1.54, 1.807) is 4.90 Å². The van der Waals surface area contributed by atoms with Crippen molar-refractivity contribution in [3.63, 3.8) is 0 Å². The molecule has 37 heavy (non-hydrogen) atoms. The normalized spacial score (nSPS) is 15.1. The second kappa shape index (κ2) is 10.1. The zero-order valence-electron chi connectivity index (χ0n) is 21.8. The SMILES string of the molecule is C/C=C/C1CN(C(=O)OC(C)(C)C)c2cc(N=C(c3ccccc3)c3ccccc3)c3ccccc3c21. The monoisotopic (exact) mass is 488 g/mol. The Morgan fingerprint density at radius 3 is 2.03 bits per heavy atom. The highest BCUT2D eigenvalue weighted by molar-refractivity contribution is 6.15. The van der Waals surface area contributed by atoms with Gasteiger partial charge < -0.3 is 4.74 Å². The molecule has 0 aromatic heterocycles. The van der Waals surface area contributed by atoms with E-state index in [0.717, 1.165) is 44.5 Å². The lowest BCUT2D eigenvalue weighted by Crippen LogP contribution is -2.36. The quantitative estimate of drug-likeness (QED) is 0.214. The number of rotatable bonds is 4. The number of aliphatic imine (C=N–C) groups is 1. The summed E-state index contributed by atoms with van der Waals surface area (Å²) in [5, 5.41) is 2.17. The van der Waals surface area contributed by atoms with Gasteiger partial charge >= 0.3 is 6.09 Å². The zero-order valence-corrected chi connectivity index (χ0v) is 21.8. The summed E-state index contributed by atoms with van der Waals surface area (Å²) in [5.41, 5.74) is 5.20. The fraction of sp³-hybridized carbons (Fsp3) is 0.212. The summed E-state index contributed by atoms with van der Waals surface area (Å²) >= 11 is 0. The molecule has 0 bridgehead atoms. The van der Waals surface area contributed by atoms with Crippen molar-refractivity contribution in [1.29, 1.82) is 0 Å². The second-order valence-corrected chi connectivity index (χ2v) is 10.3. The number of ether oxygens (including phenoxy) is 1. The van der Waals surface area contributed by atoms with Crippen LogP contribution in [-0.2, 0) is 4.74 Å². The first-order valence-corrected chi connectivity index (χ1v) is 12.7. The van der Waals surface area contributed by atoms with Gasteiger partial charge in [-0.25, -0.2) is 9.79 Å². The van der Waals surface area contributed by atoms with E-state index >= 15 is 0 Å². The van der Waals surface area contributed by atoms with Gasteiger partial charge in [-0.1, -0.05) is 97.1 Å². The topological polar surface area (TPSA) is 41.9 Å². The zero-order chi connectivity index (χ0) is 26.0. The number of carbonyl (C=O) groups is 1. The van der Waals surface area contributed by atoms with Gasteiger partial charge in [0.05, 0.1) is 17.1 Å². The molecular formula is C33H32N2O2. The molecule has 1 aliphatic heterocycles. The first-order chi connectivity index (χ1) is 17.9. The lowest BCUT2D eigenvalue weighted by atomic mass is 9.93. The van der Waals surface area contributed by atoms with Gasteiger partial charge in [0.25, 0.3) is 0 Å². The number of carbonyl (C=O) groups excluding carboxylic acids is 1. The fourth-order valence-electron chi connectivity index (χ4n) is 4.94. The lowest BCUT2D eigenvalue weighted by molar-refractivity contribution is 0.0583. The van der Waals surface area contributed by atoms with Gasteiger partial charge in [-0.05, 0) is 44.7 Å². The molecule has 1 heterocycles. The van der Waals surface area contributed by atoms with E-state index in [-0.39, 0.29) is 12.0 Å². The first-order valence-electron chi connectivity index (χ1n) is 12.7. The van der Waals surface area contributed by atoms with Crippen molar-refractivity contribution >= 4 is 34.0 Å². The first kappa shape index (κ1) is 24.5. The molecule has 4 aromatic carbocycles. The molecule has 0 saturated heterocycles. The van der Waals surface area contributed by atoms with Crippen LogP contribution in [0.25, 0.3) is 10.8 Å². The van der Waals surface area contributed by atoms with E-state index in [1.807, 2.05) is 76.2 Å². The largest absolute Gasteiger partial charge is 0.443 e. The molecule has 0 radical (unpaired) electrons. The van der Waals surface area contributed by atoms with E-state index in [1.165, 1.54) is 0 Å². The molecular weight excluding hydrogens is 456 g/mol. The van der Waals surface area contributed by atoms with E-state index in [4.69, 9.17) is 9.73 Å². The van der Waals surface area contributed by atoms with Crippen LogP contribution in [0.4, 0.5) is 16.2 Å². The van der Waals surface area contributed by atoms with Crippen molar-refractivity contribution in [2.75, 3.05) is 11.4 Å². The standard InChI is InChI=1S/C33H32N2O2/c1-5-14-25-22-35(32(36)37-33(2,3)4)29-21-28(26-19-12-13-20-27(26)30(25)29)34-31(23-15-8-6-9-16-23)24-17-10-7-11-18-24/h5-21,25H,22H2,1-4H3/b14-5+. The Kier molecular flexibility index (Phi) is 6.66. The van der Waals surface area contributed by atoms with Crippen LogP contribution in [0.5, 0.6) is 0 Å². The molecule has 0 fully saturated rings. The molecule has 4 nitrogen and oxygen atoms in total. The van der Waals surface area contributed by atoms with Gasteiger partial charge in [-0.15, -0.1) is 0 Å². The Morgan fingerprint density at radius 1 is 0.892 bits per heavy atom. The van der Waals surface area contributed by atoms with Crippen LogP contribution in [-0.4, -0.2) is 24.0 Å². The Labute approximate surface area is 218 Å². The minimum Gasteiger partial charge on any atom is -0.443 e. The molecule has 4 heteroatoms. The minimum absolute atomic E-state index is 0.0816. The van der Waals surface area contributed by atoms with Crippen LogP contribution in [0.2, 0.25) is 0 Å². The third-order valence-corrected chi connectivity index (χ3v) is 6.45. The van der Waals surface area contributed by atoms with Gasteiger partial charge in [0.2, 0.25) is 0 Å². The maximum atomic E-state index is 13.3.